The number of benzene rings is 1. The van der Waals surface area contributed by atoms with Crippen LogP contribution in [0.3, 0.4) is 0 Å². The van der Waals surface area contributed by atoms with E-state index in [9.17, 15) is 9.18 Å². The van der Waals surface area contributed by atoms with Crippen LogP contribution in [0.25, 0.3) is 33.5 Å². The topological polar surface area (TPSA) is 107 Å². The third-order valence-corrected chi connectivity index (χ3v) is 5.67. The molecular weight excluding hydrogens is 425 g/mol. The minimum Gasteiger partial charge on any atom is -0.493 e. The summed E-state index contributed by atoms with van der Waals surface area (Å²) in [7, 11) is 3.29. The molecule has 2 N–H and O–H groups in total. The van der Waals surface area contributed by atoms with Gasteiger partial charge in [-0.15, -0.1) is 0 Å². The summed E-state index contributed by atoms with van der Waals surface area (Å²) in [4.78, 5) is 26.1. The van der Waals surface area contributed by atoms with Gasteiger partial charge in [0, 0.05) is 43.4 Å². The summed E-state index contributed by atoms with van der Waals surface area (Å²) in [6, 6.07) is 11.4. The van der Waals surface area contributed by atoms with Crippen LogP contribution in [0, 0.1) is 0 Å². The molecular formula is C23H22FN7O2. The molecule has 4 heterocycles. The highest BCUT2D eigenvalue weighted by Gasteiger charge is 2.42. The number of aryl methyl sites for hydroxylation is 1. The molecule has 1 unspecified atom stereocenters. The van der Waals surface area contributed by atoms with Crippen molar-refractivity contribution in [3.05, 3.63) is 48.9 Å². The van der Waals surface area contributed by atoms with Gasteiger partial charge in [-0.3, -0.25) is 9.48 Å². The summed E-state index contributed by atoms with van der Waals surface area (Å²) < 4.78 is 22.1. The molecule has 1 aliphatic heterocycles. The molecule has 0 bridgehead atoms. The molecule has 1 aliphatic rings. The highest BCUT2D eigenvalue weighted by molar-refractivity contribution is 6.00. The summed E-state index contributed by atoms with van der Waals surface area (Å²) in [5.41, 5.74) is 1.93. The van der Waals surface area contributed by atoms with Crippen LogP contribution in [-0.4, -0.2) is 56.5 Å². The Balaban J connectivity index is 1.64. The number of rotatable bonds is 5. The lowest BCUT2D eigenvalue weighted by molar-refractivity contribution is -0.126. The Kier molecular flexibility index (Phi) is 5.21. The van der Waals surface area contributed by atoms with Gasteiger partial charge in [0.2, 0.25) is 5.67 Å². The molecule has 0 aliphatic carbocycles. The van der Waals surface area contributed by atoms with E-state index in [2.05, 4.69) is 30.7 Å². The largest absolute Gasteiger partial charge is 0.493 e. The molecule has 1 saturated heterocycles. The van der Waals surface area contributed by atoms with Crippen LogP contribution in [0.5, 0.6) is 5.75 Å². The van der Waals surface area contributed by atoms with Gasteiger partial charge in [-0.2, -0.15) is 5.10 Å². The van der Waals surface area contributed by atoms with Crippen molar-refractivity contribution in [1.82, 2.24) is 30.0 Å². The normalized spacial score (nSPS) is 17.9. The van der Waals surface area contributed by atoms with E-state index < -0.39 is 11.6 Å². The van der Waals surface area contributed by atoms with Crippen LogP contribution in [-0.2, 0) is 11.8 Å². The second-order valence-electron chi connectivity index (χ2n) is 7.91. The summed E-state index contributed by atoms with van der Waals surface area (Å²) in [5, 5.41) is 10.1. The molecule has 0 saturated carbocycles. The van der Waals surface area contributed by atoms with E-state index in [0.29, 0.717) is 23.3 Å². The molecule has 5 rings (SSSR count). The lowest BCUT2D eigenvalue weighted by Gasteiger charge is -2.18. The van der Waals surface area contributed by atoms with E-state index in [-0.39, 0.29) is 24.5 Å². The van der Waals surface area contributed by atoms with E-state index in [1.807, 2.05) is 43.6 Å². The number of carbonyl (C=O) groups is 1. The van der Waals surface area contributed by atoms with Gasteiger partial charge in [-0.1, -0.05) is 30.3 Å². The SMILES string of the molecule is COc1cc2ncnc(-c3cn(C)nc3-c3ccccc3)c2nc1NC(=O)C1(F)CCNC1. The minimum atomic E-state index is -2.00. The Morgan fingerprint density at radius 3 is 2.79 bits per heavy atom. The summed E-state index contributed by atoms with van der Waals surface area (Å²) in [5.74, 6) is -0.368. The minimum absolute atomic E-state index is 0.0424. The zero-order chi connectivity index (χ0) is 23.0. The second kappa shape index (κ2) is 8.21. The standard InChI is InChI=1S/C23H22FN7O2/c1-31-11-15(18(30-31)14-6-4-3-5-7-14)19-20-16(26-13-27-19)10-17(33-2)21(28-20)29-22(32)23(24)8-9-25-12-23/h3-7,10-11,13,25H,8-9,12H2,1-2H3,(H,28,29,32). The highest BCUT2D eigenvalue weighted by Crippen LogP contribution is 2.35. The van der Waals surface area contributed by atoms with Gasteiger partial charge in [-0.25, -0.2) is 19.3 Å². The molecule has 3 aromatic heterocycles. The number of halogens is 1. The Morgan fingerprint density at radius 1 is 1.24 bits per heavy atom. The lowest BCUT2D eigenvalue weighted by Crippen LogP contribution is -2.40. The highest BCUT2D eigenvalue weighted by atomic mass is 19.1. The summed E-state index contributed by atoms with van der Waals surface area (Å²) in [6.07, 6.45) is 3.40. The van der Waals surface area contributed by atoms with Crippen LogP contribution in [0.15, 0.2) is 48.9 Å². The van der Waals surface area contributed by atoms with Gasteiger partial charge in [0.1, 0.15) is 23.2 Å². The van der Waals surface area contributed by atoms with Crippen molar-refractivity contribution >= 4 is 22.8 Å². The van der Waals surface area contributed by atoms with Gasteiger partial charge in [0.05, 0.1) is 12.6 Å². The maximum absolute atomic E-state index is 15.0. The van der Waals surface area contributed by atoms with Crippen molar-refractivity contribution in [2.24, 2.45) is 7.05 Å². The smallest absolute Gasteiger partial charge is 0.264 e. The Bertz CT molecular complexity index is 1330. The number of hydrogen-bond donors (Lipinski definition) is 2. The van der Waals surface area contributed by atoms with Gasteiger partial charge >= 0.3 is 0 Å². The molecule has 33 heavy (non-hydrogen) atoms. The van der Waals surface area contributed by atoms with Crippen LogP contribution < -0.4 is 15.4 Å². The number of methoxy groups -OCH3 is 1. The maximum atomic E-state index is 15.0. The number of aromatic nitrogens is 5. The fraction of sp³-hybridized carbons (Fsp3) is 0.261. The summed E-state index contributed by atoms with van der Waals surface area (Å²) >= 11 is 0. The molecule has 0 spiro atoms. The number of hydrogen-bond acceptors (Lipinski definition) is 7. The number of carbonyl (C=O) groups excluding carboxylic acids is 1. The molecule has 1 aromatic carbocycles. The number of pyridine rings is 1. The van der Waals surface area contributed by atoms with Crippen LogP contribution in [0.2, 0.25) is 0 Å². The zero-order valence-corrected chi connectivity index (χ0v) is 18.2. The quantitative estimate of drug-likeness (QED) is 0.484. The number of anilines is 1. The fourth-order valence-electron chi connectivity index (χ4n) is 3.96. The molecule has 1 atom stereocenters. The monoisotopic (exact) mass is 447 g/mol. The first-order valence-corrected chi connectivity index (χ1v) is 10.5. The number of nitrogens with one attached hydrogen (secondary N) is 2. The third-order valence-electron chi connectivity index (χ3n) is 5.67. The zero-order valence-electron chi connectivity index (χ0n) is 18.2. The van der Waals surface area contributed by atoms with Crippen LogP contribution >= 0.6 is 0 Å². The van der Waals surface area contributed by atoms with Gasteiger partial charge in [0.15, 0.2) is 11.6 Å². The molecule has 0 radical (unpaired) electrons. The Hall–Kier alpha value is -3.92. The van der Waals surface area contributed by atoms with E-state index in [0.717, 1.165) is 16.8 Å². The predicted molar refractivity (Wildman–Crippen MR) is 121 cm³/mol. The first kappa shape index (κ1) is 21.0. The first-order valence-electron chi connectivity index (χ1n) is 10.5. The van der Waals surface area contributed by atoms with E-state index in [1.54, 1.807) is 10.7 Å². The number of fused-ring (bicyclic) bond motifs is 1. The Morgan fingerprint density at radius 2 is 2.06 bits per heavy atom. The fourth-order valence-corrected chi connectivity index (χ4v) is 3.96. The number of alkyl halides is 1. The number of amides is 1. The Labute approximate surface area is 189 Å². The second-order valence-corrected chi connectivity index (χ2v) is 7.91. The molecule has 1 amide bonds. The van der Waals surface area contributed by atoms with Gasteiger partial charge in [0.25, 0.3) is 5.91 Å². The van der Waals surface area contributed by atoms with Gasteiger partial charge in [-0.05, 0) is 6.54 Å². The molecule has 10 heteroatoms. The van der Waals surface area contributed by atoms with E-state index in [4.69, 9.17) is 4.74 Å². The maximum Gasteiger partial charge on any atom is 0.264 e. The summed E-state index contributed by atoms with van der Waals surface area (Å²) in [6.45, 7) is 0.396. The number of nitrogens with zero attached hydrogens (tertiary/aromatic N) is 5. The van der Waals surface area contributed by atoms with Crippen molar-refractivity contribution in [2.45, 2.75) is 12.1 Å². The van der Waals surface area contributed by atoms with Crippen molar-refractivity contribution in [2.75, 3.05) is 25.5 Å². The third kappa shape index (κ3) is 3.78. The molecule has 168 valence electrons. The molecule has 1 fully saturated rings. The van der Waals surface area contributed by atoms with Crippen molar-refractivity contribution in [3.63, 3.8) is 0 Å². The van der Waals surface area contributed by atoms with Crippen molar-refractivity contribution < 1.29 is 13.9 Å². The van der Waals surface area contributed by atoms with Crippen molar-refractivity contribution in [1.29, 1.82) is 0 Å². The average molecular weight is 447 g/mol. The number of ether oxygens (including phenoxy) is 1. The molecule has 4 aromatic rings. The van der Waals surface area contributed by atoms with E-state index in [1.165, 1.54) is 13.4 Å². The first-order chi connectivity index (χ1) is 16.0. The average Bonchev–Trinajstić information content (AvgIpc) is 3.45. The van der Waals surface area contributed by atoms with Crippen LogP contribution in [0.1, 0.15) is 6.42 Å². The van der Waals surface area contributed by atoms with Gasteiger partial charge < -0.3 is 15.4 Å². The van der Waals surface area contributed by atoms with E-state index >= 15 is 0 Å². The lowest BCUT2D eigenvalue weighted by atomic mass is 10.0. The molecule has 9 nitrogen and oxygen atoms in total. The van der Waals surface area contributed by atoms with Crippen molar-refractivity contribution in [3.8, 4) is 28.3 Å². The predicted octanol–water partition coefficient (Wildman–Crippen LogP) is 2.74. The van der Waals surface area contributed by atoms with Crippen LogP contribution in [0.4, 0.5) is 10.2 Å².